The maximum absolute atomic E-state index is 12.2. The van der Waals surface area contributed by atoms with E-state index < -0.39 is 0 Å². The zero-order valence-corrected chi connectivity index (χ0v) is 12.2. The highest BCUT2D eigenvalue weighted by Crippen LogP contribution is 2.26. The second kappa shape index (κ2) is 5.74. The predicted octanol–water partition coefficient (Wildman–Crippen LogP) is 2.05. The minimum absolute atomic E-state index is 0.0287. The number of fused-ring (bicyclic) bond motifs is 1. The zero-order chi connectivity index (χ0) is 14.8. The molecule has 0 radical (unpaired) electrons. The molecule has 3 rings (SSSR count). The Hall–Kier alpha value is -2.07. The summed E-state index contributed by atoms with van der Waals surface area (Å²) in [6, 6.07) is 11.1. The number of rotatable bonds is 4. The highest BCUT2D eigenvalue weighted by atomic mass is 16.5. The van der Waals surface area contributed by atoms with Crippen LogP contribution in [0.3, 0.4) is 0 Å². The normalized spacial score (nSPS) is 14.8. The first kappa shape index (κ1) is 13.9. The van der Waals surface area contributed by atoms with Gasteiger partial charge < -0.3 is 15.0 Å². The van der Waals surface area contributed by atoms with Crippen molar-refractivity contribution in [1.29, 1.82) is 0 Å². The fourth-order valence-electron chi connectivity index (χ4n) is 3.10. The summed E-state index contributed by atoms with van der Waals surface area (Å²) >= 11 is 0. The number of aryl methyl sites for hydroxylation is 1. The summed E-state index contributed by atoms with van der Waals surface area (Å²) in [6.45, 7) is 0.488. The molecule has 4 nitrogen and oxygen atoms in total. The van der Waals surface area contributed by atoms with Crippen LogP contribution in [0.2, 0.25) is 0 Å². The SMILES string of the molecule is COc1ccccc1C(N)Cn1c2c(ccc1=O)CCC2. The molecule has 1 aliphatic rings. The van der Waals surface area contributed by atoms with E-state index in [9.17, 15) is 4.79 Å². The van der Waals surface area contributed by atoms with Gasteiger partial charge in [0.25, 0.3) is 5.56 Å². The molecule has 0 bridgehead atoms. The number of aromatic nitrogens is 1. The van der Waals surface area contributed by atoms with Crippen molar-refractivity contribution >= 4 is 0 Å². The van der Waals surface area contributed by atoms with Gasteiger partial charge in [0.1, 0.15) is 5.75 Å². The van der Waals surface area contributed by atoms with Gasteiger partial charge in [-0.25, -0.2) is 0 Å². The van der Waals surface area contributed by atoms with Crippen LogP contribution < -0.4 is 16.0 Å². The summed E-state index contributed by atoms with van der Waals surface area (Å²) in [4.78, 5) is 12.2. The molecule has 2 N–H and O–H groups in total. The number of nitrogens with zero attached hydrogens (tertiary/aromatic N) is 1. The molecule has 21 heavy (non-hydrogen) atoms. The molecule has 1 heterocycles. The number of para-hydroxylation sites is 1. The van der Waals surface area contributed by atoms with Gasteiger partial charge in [-0.15, -0.1) is 0 Å². The molecule has 1 aliphatic carbocycles. The first-order valence-electron chi connectivity index (χ1n) is 7.31. The van der Waals surface area contributed by atoms with Crippen LogP contribution in [0.25, 0.3) is 0 Å². The molecule has 0 saturated carbocycles. The van der Waals surface area contributed by atoms with Gasteiger partial charge in [-0.2, -0.15) is 0 Å². The summed E-state index contributed by atoms with van der Waals surface area (Å²) in [6.07, 6.45) is 3.13. The largest absolute Gasteiger partial charge is 0.496 e. The van der Waals surface area contributed by atoms with Crippen LogP contribution in [-0.4, -0.2) is 11.7 Å². The Labute approximate surface area is 124 Å². The van der Waals surface area contributed by atoms with Gasteiger partial charge in [0, 0.05) is 23.9 Å². The van der Waals surface area contributed by atoms with Crippen molar-refractivity contribution in [3.8, 4) is 5.75 Å². The van der Waals surface area contributed by atoms with E-state index in [1.807, 2.05) is 34.9 Å². The molecule has 4 heteroatoms. The average Bonchev–Trinajstić information content (AvgIpc) is 2.98. The van der Waals surface area contributed by atoms with E-state index in [1.165, 1.54) is 5.56 Å². The Morgan fingerprint density at radius 1 is 1.24 bits per heavy atom. The zero-order valence-electron chi connectivity index (χ0n) is 12.2. The summed E-state index contributed by atoms with van der Waals surface area (Å²) in [5.41, 5.74) is 9.71. The summed E-state index contributed by atoms with van der Waals surface area (Å²) in [5, 5.41) is 0. The van der Waals surface area contributed by atoms with Crippen LogP contribution in [0.1, 0.15) is 29.3 Å². The summed E-state index contributed by atoms with van der Waals surface area (Å²) in [7, 11) is 1.64. The number of methoxy groups -OCH3 is 1. The molecular formula is C17H20N2O2. The predicted molar refractivity (Wildman–Crippen MR) is 82.6 cm³/mol. The second-order valence-electron chi connectivity index (χ2n) is 5.46. The third-order valence-electron chi connectivity index (χ3n) is 4.17. The fraction of sp³-hybridized carbons (Fsp3) is 0.353. The average molecular weight is 284 g/mol. The summed E-state index contributed by atoms with van der Waals surface area (Å²) in [5.74, 6) is 0.769. The van der Waals surface area contributed by atoms with Crippen LogP contribution >= 0.6 is 0 Å². The molecule has 110 valence electrons. The first-order chi connectivity index (χ1) is 10.2. The Morgan fingerprint density at radius 2 is 2.05 bits per heavy atom. The molecular weight excluding hydrogens is 264 g/mol. The number of ether oxygens (including phenoxy) is 1. The van der Waals surface area contributed by atoms with E-state index in [-0.39, 0.29) is 11.6 Å². The van der Waals surface area contributed by atoms with Crippen molar-refractivity contribution < 1.29 is 4.74 Å². The number of pyridine rings is 1. The van der Waals surface area contributed by atoms with Crippen molar-refractivity contribution in [3.05, 3.63) is 63.6 Å². The van der Waals surface area contributed by atoms with E-state index in [2.05, 4.69) is 0 Å². The molecule has 0 aliphatic heterocycles. The van der Waals surface area contributed by atoms with E-state index in [0.717, 1.165) is 36.3 Å². The van der Waals surface area contributed by atoms with Crippen LogP contribution in [0, 0.1) is 0 Å². The Balaban J connectivity index is 1.94. The minimum atomic E-state index is -0.258. The van der Waals surface area contributed by atoms with Crippen molar-refractivity contribution in [3.63, 3.8) is 0 Å². The van der Waals surface area contributed by atoms with Gasteiger partial charge >= 0.3 is 0 Å². The van der Waals surface area contributed by atoms with Gasteiger partial charge in [-0.1, -0.05) is 24.3 Å². The molecule has 0 spiro atoms. The summed E-state index contributed by atoms with van der Waals surface area (Å²) < 4.78 is 7.19. The van der Waals surface area contributed by atoms with Crippen molar-refractivity contribution in [2.75, 3.05) is 7.11 Å². The van der Waals surface area contributed by atoms with E-state index >= 15 is 0 Å². The first-order valence-corrected chi connectivity index (χ1v) is 7.31. The smallest absolute Gasteiger partial charge is 0.250 e. The van der Waals surface area contributed by atoms with Crippen LogP contribution in [-0.2, 0) is 19.4 Å². The maximum Gasteiger partial charge on any atom is 0.250 e. The van der Waals surface area contributed by atoms with Gasteiger partial charge in [-0.3, -0.25) is 4.79 Å². The lowest BCUT2D eigenvalue weighted by molar-refractivity contribution is 0.401. The molecule has 1 aromatic carbocycles. The third kappa shape index (κ3) is 2.59. The monoisotopic (exact) mass is 284 g/mol. The Morgan fingerprint density at radius 3 is 2.86 bits per heavy atom. The quantitative estimate of drug-likeness (QED) is 0.934. The van der Waals surface area contributed by atoms with Crippen molar-refractivity contribution in [1.82, 2.24) is 4.57 Å². The molecule has 0 amide bonds. The molecule has 1 atom stereocenters. The van der Waals surface area contributed by atoms with E-state index in [4.69, 9.17) is 10.5 Å². The van der Waals surface area contributed by atoms with Gasteiger partial charge in [0.05, 0.1) is 13.2 Å². The topological polar surface area (TPSA) is 57.2 Å². The molecule has 0 saturated heterocycles. The maximum atomic E-state index is 12.2. The van der Waals surface area contributed by atoms with Crippen LogP contribution in [0.15, 0.2) is 41.2 Å². The Kier molecular flexibility index (Phi) is 3.80. The molecule has 0 fully saturated rings. The lowest BCUT2D eigenvalue weighted by Crippen LogP contribution is -2.29. The molecule has 1 unspecified atom stereocenters. The van der Waals surface area contributed by atoms with Gasteiger partial charge in [0.2, 0.25) is 0 Å². The van der Waals surface area contributed by atoms with Gasteiger partial charge in [0.15, 0.2) is 0 Å². The van der Waals surface area contributed by atoms with E-state index in [0.29, 0.717) is 6.54 Å². The number of benzene rings is 1. The third-order valence-corrected chi connectivity index (χ3v) is 4.17. The van der Waals surface area contributed by atoms with Gasteiger partial charge in [-0.05, 0) is 30.9 Å². The highest BCUT2D eigenvalue weighted by molar-refractivity contribution is 5.36. The standard InChI is InChI=1S/C17H20N2O2/c1-21-16-8-3-2-6-13(16)14(18)11-19-15-7-4-5-12(15)9-10-17(19)20/h2-3,6,8-10,14H,4-5,7,11,18H2,1H3. The fourth-order valence-corrected chi connectivity index (χ4v) is 3.10. The van der Waals surface area contributed by atoms with E-state index in [1.54, 1.807) is 13.2 Å². The Bertz CT molecular complexity index is 706. The number of nitrogens with two attached hydrogens (primary N) is 1. The van der Waals surface area contributed by atoms with Crippen molar-refractivity contribution in [2.24, 2.45) is 5.73 Å². The second-order valence-corrected chi connectivity index (χ2v) is 5.46. The van der Waals surface area contributed by atoms with Crippen LogP contribution in [0.5, 0.6) is 5.75 Å². The lowest BCUT2D eigenvalue weighted by Gasteiger charge is -2.19. The molecule has 2 aromatic rings. The minimum Gasteiger partial charge on any atom is -0.496 e. The lowest BCUT2D eigenvalue weighted by atomic mass is 10.1. The number of hydrogen-bond acceptors (Lipinski definition) is 3. The van der Waals surface area contributed by atoms with Crippen molar-refractivity contribution in [2.45, 2.75) is 31.8 Å². The van der Waals surface area contributed by atoms with Crippen LogP contribution in [0.4, 0.5) is 0 Å². The molecule has 1 aromatic heterocycles. The highest BCUT2D eigenvalue weighted by Gasteiger charge is 2.19. The number of hydrogen-bond donors (Lipinski definition) is 1.